The van der Waals surface area contributed by atoms with Crippen LogP contribution < -0.4 is 10.1 Å². The van der Waals surface area contributed by atoms with E-state index >= 15 is 0 Å². The zero-order valence-corrected chi connectivity index (χ0v) is 11.8. The van der Waals surface area contributed by atoms with Crippen molar-refractivity contribution in [2.75, 3.05) is 7.11 Å². The molecule has 0 aliphatic carbocycles. The number of carbonyl (C=O) groups excluding carboxylic acids is 1. The Balaban J connectivity index is 2.69. The van der Waals surface area contributed by atoms with E-state index in [1.165, 1.54) is 6.08 Å². The number of aliphatic carboxylic acids is 1. The standard InChI is InChI=1S/C15H19NO4/c1-10(2)14(15(18)19)16-13(17)8-7-11-5-4-6-12(9-11)20-3/h4-10,14H,1-3H3,(H,16,17)(H,18,19)/b8-7+/t14-/m0/s1. The molecule has 0 fully saturated rings. The second kappa shape index (κ2) is 7.33. The van der Waals surface area contributed by atoms with Gasteiger partial charge in [0.2, 0.25) is 5.91 Å². The zero-order valence-electron chi connectivity index (χ0n) is 11.8. The molecule has 0 unspecified atom stereocenters. The number of amides is 1. The van der Waals surface area contributed by atoms with Crippen molar-refractivity contribution in [3.63, 3.8) is 0 Å². The van der Waals surface area contributed by atoms with Gasteiger partial charge in [-0.25, -0.2) is 4.79 Å². The summed E-state index contributed by atoms with van der Waals surface area (Å²) in [5.74, 6) is -0.961. The van der Waals surface area contributed by atoms with Crippen LogP contribution in [0.1, 0.15) is 19.4 Å². The molecule has 0 aromatic heterocycles. The summed E-state index contributed by atoms with van der Waals surface area (Å²) in [6, 6.07) is 6.32. The molecule has 1 aromatic carbocycles. The molecule has 0 saturated heterocycles. The molecule has 1 amide bonds. The van der Waals surface area contributed by atoms with Gasteiger partial charge < -0.3 is 15.2 Å². The molecule has 0 bridgehead atoms. The molecule has 1 rings (SSSR count). The van der Waals surface area contributed by atoms with E-state index in [0.717, 1.165) is 5.56 Å². The van der Waals surface area contributed by atoms with Gasteiger partial charge in [0.05, 0.1) is 7.11 Å². The third-order valence-electron chi connectivity index (χ3n) is 2.75. The van der Waals surface area contributed by atoms with Crippen LogP contribution in [0.5, 0.6) is 5.75 Å². The molecule has 108 valence electrons. The molecular formula is C15H19NO4. The Labute approximate surface area is 118 Å². The lowest BCUT2D eigenvalue weighted by atomic mass is 10.0. The molecule has 5 heteroatoms. The molecule has 5 nitrogen and oxygen atoms in total. The molecule has 20 heavy (non-hydrogen) atoms. The highest BCUT2D eigenvalue weighted by molar-refractivity contribution is 5.94. The fraction of sp³-hybridized carbons (Fsp3) is 0.333. The number of benzene rings is 1. The monoisotopic (exact) mass is 277 g/mol. The molecular weight excluding hydrogens is 258 g/mol. The van der Waals surface area contributed by atoms with Crippen molar-refractivity contribution in [1.82, 2.24) is 5.32 Å². The number of rotatable bonds is 6. The maximum Gasteiger partial charge on any atom is 0.326 e. The lowest BCUT2D eigenvalue weighted by Gasteiger charge is -2.16. The smallest absolute Gasteiger partial charge is 0.326 e. The van der Waals surface area contributed by atoms with Gasteiger partial charge in [0.25, 0.3) is 0 Å². The molecule has 1 aromatic rings. The molecule has 0 heterocycles. The number of carboxylic acid groups (broad SMARTS) is 1. The van der Waals surface area contributed by atoms with Gasteiger partial charge in [-0.2, -0.15) is 0 Å². The topological polar surface area (TPSA) is 75.6 Å². The predicted octanol–water partition coefficient (Wildman–Crippen LogP) is 1.93. The van der Waals surface area contributed by atoms with Crippen LogP contribution >= 0.6 is 0 Å². The van der Waals surface area contributed by atoms with E-state index in [2.05, 4.69) is 5.32 Å². The van der Waals surface area contributed by atoms with Crippen molar-refractivity contribution in [3.05, 3.63) is 35.9 Å². The van der Waals surface area contributed by atoms with Crippen LogP contribution in [0.2, 0.25) is 0 Å². The fourth-order valence-electron chi connectivity index (χ4n) is 1.63. The molecule has 0 saturated carbocycles. The molecule has 0 spiro atoms. The summed E-state index contributed by atoms with van der Waals surface area (Å²) in [5.41, 5.74) is 0.802. The average molecular weight is 277 g/mol. The lowest BCUT2D eigenvalue weighted by molar-refractivity contribution is -0.142. The molecule has 2 N–H and O–H groups in total. The minimum absolute atomic E-state index is 0.179. The van der Waals surface area contributed by atoms with E-state index < -0.39 is 17.9 Å². The highest BCUT2D eigenvalue weighted by atomic mass is 16.5. The van der Waals surface area contributed by atoms with Crippen molar-refractivity contribution in [2.24, 2.45) is 5.92 Å². The van der Waals surface area contributed by atoms with Crippen LogP contribution in [-0.4, -0.2) is 30.1 Å². The van der Waals surface area contributed by atoms with E-state index in [4.69, 9.17) is 9.84 Å². The normalized spacial score (nSPS) is 12.4. The summed E-state index contributed by atoms with van der Waals surface area (Å²) >= 11 is 0. The van der Waals surface area contributed by atoms with Gasteiger partial charge in [0.1, 0.15) is 11.8 Å². The number of nitrogens with one attached hydrogen (secondary N) is 1. The van der Waals surface area contributed by atoms with E-state index in [9.17, 15) is 9.59 Å². The Hall–Kier alpha value is -2.30. The quantitative estimate of drug-likeness (QED) is 0.779. The van der Waals surface area contributed by atoms with Gasteiger partial charge in [0, 0.05) is 6.08 Å². The summed E-state index contributed by atoms with van der Waals surface area (Å²) < 4.78 is 5.08. The summed E-state index contributed by atoms with van der Waals surface area (Å²) in [5, 5.41) is 11.4. The van der Waals surface area contributed by atoms with Gasteiger partial charge in [-0.1, -0.05) is 26.0 Å². The largest absolute Gasteiger partial charge is 0.497 e. The van der Waals surface area contributed by atoms with Gasteiger partial charge in [-0.3, -0.25) is 4.79 Å². The Morgan fingerprint density at radius 2 is 2.05 bits per heavy atom. The SMILES string of the molecule is COc1cccc(/C=C/C(=O)N[C@H](C(=O)O)C(C)C)c1. The summed E-state index contributed by atoms with van der Waals surface area (Å²) in [6.45, 7) is 3.48. The zero-order chi connectivity index (χ0) is 15.1. The first-order chi connectivity index (χ1) is 9.43. The van der Waals surface area contributed by atoms with Gasteiger partial charge in [0.15, 0.2) is 0 Å². The average Bonchev–Trinajstić information content (AvgIpc) is 2.42. The van der Waals surface area contributed by atoms with Crippen molar-refractivity contribution in [2.45, 2.75) is 19.9 Å². The van der Waals surface area contributed by atoms with E-state index in [1.54, 1.807) is 39.2 Å². The van der Waals surface area contributed by atoms with Crippen LogP contribution in [0.25, 0.3) is 6.08 Å². The number of carboxylic acids is 1. The van der Waals surface area contributed by atoms with Crippen molar-refractivity contribution >= 4 is 18.0 Å². The van der Waals surface area contributed by atoms with Crippen molar-refractivity contribution in [1.29, 1.82) is 0 Å². The Morgan fingerprint density at radius 3 is 2.60 bits per heavy atom. The Kier molecular flexibility index (Phi) is 5.77. The van der Waals surface area contributed by atoms with Crippen molar-refractivity contribution < 1.29 is 19.4 Å². The number of methoxy groups -OCH3 is 1. The highest BCUT2D eigenvalue weighted by Gasteiger charge is 2.22. The summed E-state index contributed by atoms with van der Waals surface area (Å²) in [7, 11) is 1.57. The first-order valence-electron chi connectivity index (χ1n) is 6.29. The Morgan fingerprint density at radius 1 is 1.35 bits per heavy atom. The van der Waals surface area contributed by atoms with Crippen LogP contribution in [-0.2, 0) is 9.59 Å². The number of hydrogen-bond donors (Lipinski definition) is 2. The number of carbonyl (C=O) groups is 2. The summed E-state index contributed by atoms with van der Waals surface area (Å²) in [4.78, 5) is 22.7. The third kappa shape index (κ3) is 4.76. The maximum atomic E-state index is 11.7. The first kappa shape index (κ1) is 15.8. The minimum Gasteiger partial charge on any atom is -0.497 e. The van der Waals surface area contributed by atoms with E-state index in [0.29, 0.717) is 5.75 Å². The molecule has 0 aliphatic heterocycles. The summed E-state index contributed by atoms with van der Waals surface area (Å²) in [6.07, 6.45) is 2.92. The predicted molar refractivity (Wildman–Crippen MR) is 76.4 cm³/mol. The van der Waals surface area contributed by atoms with E-state index in [-0.39, 0.29) is 5.92 Å². The van der Waals surface area contributed by atoms with E-state index in [1.807, 2.05) is 12.1 Å². The lowest BCUT2D eigenvalue weighted by Crippen LogP contribution is -2.43. The van der Waals surface area contributed by atoms with Crippen LogP contribution in [0.4, 0.5) is 0 Å². The maximum absolute atomic E-state index is 11.7. The fourth-order valence-corrected chi connectivity index (χ4v) is 1.63. The van der Waals surface area contributed by atoms with Gasteiger partial charge in [-0.15, -0.1) is 0 Å². The van der Waals surface area contributed by atoms with Crippen molar-refractivity contribution in [3.8, 4) is 5.75 Å². The highest BCUT2D eigenvalue weighted by Crippen LogP contribution is 2.13. The van der Waals surface area contributed by atoms with Crippen LogP contribution in [0.15, 0.2) is 30.3 Å². The molecule has 0 radical (unpaired) electrons. The second-order valence-electron chi connectivity index (χ2n) is 4.68. The number of hydrogen-bond acceptors (Lipinski definition) is 3. The number of ether oxygens (including phenoxy) is 1. The van der Waals surface area contributed by atoms with Crippen LogP contribution in [0, 0.1) is 5.92 Å². The van der Waals surface area contributed by atoms with Gasteiger partial charge in [-0.05, 0) is 29.7 Å². The van der Waals surface area contributed by atoms with Gasteiger partial charge >= 0.3 is 5.97 Å². The Bertz CT molecular complexity index is 508. The minimum atomic E-state index is -1.04. The molecule has 1 atom stereocenters. The molecule has 0 aliphatic rings. The third-order valence-corrected chi connectivity index (χ3v) is 2.75. The first-order valence-corrected chi connectivity index (χ1v) is 6.29. The second-order valence-corrected chi connectivity index (χ2v) is 4.68. The van der Waals surface area contributed by atoms with Crippen LogP contribution in [0.3, 0.4) is 0 Å².